The van der Waals surface area contributed by atoms with E-state index in [1.807, 2.05) is 0 Å². The predicted octanol–water partition coefficient (Wildman–Crippen LogP) is 1.56. The van der Waals surface area contributed by atoms with Gasteiger partial charge in [0.05, 0.1) is 11.0 Å². The van der Waals surface area contributed by atoms with Crippen molar-refractivity contribution >= 4 is 27.5 Å². The molecule has 0 spiro atoms. The molecule has 0 saturated carbocycles. The second kappa shape index (κ2) is 5.03. The number of nitrogens with zero attached hydrogens (tertiary/aromatic N) is 2. The van der Waals surface area contributed by atoms with E-state index in [0.717, 1.165) is 0 Å². The number of aliphatic hydroxyl groups excluding tert-OH is 1. The second-order valence-corrected chi connectivity index (χ2v) is 5.03. The summed E-state index contributed by atoms with van der Waals surface area (Å²) >= 11 is 3.14. The normalized spacial score (nSPS) is 19.0. The van der Waals surface area contributed by atoms with Gasteiger partial charge in [0.25, 0.3) is 11.6 Å². The molecule has 2 rings (SSSR count). The van der Waals surface area contributed by atoms with Gasteiger partial charge in [0, 0.05) is 23.6 Å². The van der Waals surface area contributed by atoms with Crippen molar-refractivity contribution in [2.75, 3.05) is 13.1 Å². The number of halogens is 1. The van der Waals surface area contributed by atoms with Gasteiger partial charge in [0.1, 0.15) is 5.56 Å². The van der Waals surface area contributed by atoms with Crippen LogP contribution in [0.25, 0.3) is 0 Å². The Morgan fingerprint density at radius 1 is 1.56 bits per heavy atom. The lowest BCUT2D eigenvalue weighted by Gasteiger charge is -2.15. The van der Waals surface area contributed by atoms with E-state index in [1.165, 1.54) is 17.0 Å². The Hall–Kier alpha value is -1.47. The van der Waals surface area contributed by atoms with Crippen LogP contribution in [0.5, 0.6) is 0 Å². The topological polar surface area (TPSA) is 83.7 Å². The third-order valence-corrected chi connectivity index (χ3v) is 3.33. The third kappa shape index (κ3) is 2.51. The number of nitro groups is 1. The summed E-state index contributed by atoms with van der Waals surface area (Å²) in [7, 11) is 0. The summed E-state index contributed by atoms with van der Waals surface area (Å²) in [4.78, 5) is 23.9. The summed E-state index contributed by atoms with van der Waals surface area (Å²) in [5.41, 5.74) is -0.173. The van der Waals surface area contributed by atoms with Gasteiger partial charge in [-0.3, -0.25) is 14.9 Å². The van der Waals surface area contributed by atoms with Gasteiger partial charge in [-0.2, -0.15) is 0 Å². The Morgan fingerprint density at radius 3 is 2.83 bits per heavy atom. The lowest BCUT2D eigenvalue weighted by Crippen LogP contribution is -2.30. The molecule has 18 heavy (non-hydrogen) atoms. The Bertz CT molecular complexity index is 506. The summed E-state index contributed by atoms with van der Waals surface area (Å²) in [6.07, 6.45) is -0.0285. The molecule has 7 heteroatoms. The first-order valence-corrected chi connectivity index (χ1v) is 6.19. The Kier molecular flexibility index (Phi) is 3.63. The van der Waals surface area contributed by atoms with Crippen LogP contribution < -0.4 is 0 Å². The van der Waals surface area contributed by atoms with Gasteiger partial charge in [-0.05, 0) is 18.6 Å². The maximum atomic E-state index is 12.1. The molecule has 1 aromatic carbocycles. The van der Waals surface area contributed by atoms with Gasteiger partial charge in [-0.25, -0.2) is 0 Å². The van der Waals surface area contributed by atoms with Crippen LogP contribution in [0.4, 0.5) is 5.69 Å². The van der Waals surface area contributed by atoms with Crippen molar-refractivity contribution in [1.29, 1.82) is 0 Å². The Labute approximate surface area is 111 Å². The quantitative estimate of drug-likeness (QED) is 0.663. The molecule has 1 heterocycles. The molecule has 1 aliphatic rings. The van der Waals surface area contributed by atoms with Crippen LogP contribution in [0.3, 0.4) is 0 Å². The van der Waals surface area contributed by atoms with Crippen LogP contribution in [0.1, 0.15) is 16.8 Å². The van der Waals surface area contributed by atoms with E-state index in [1.54, 1.807) is 6.07 Å². The molecule has 6 nitrogen and oxygen atoms in total. The highest BCUT2D eigenvalue weighted by Gasteiger charge is 2.29. The number of β-amino-alcohol motifs (C(OH)–C–C–N with tert-alkyl or cyclic N) is 1. The molecule has 0 radical (unpaired) electrons. The number of carbonyl (C=O) groups is 1. The first-order chi connectivity index (χ1) is 8.49. The van der Waals surface area contributed by atoms with Crippen molar-refractivity contribution in [2.24, 2.45) is 0 Å². The second-order valence-electron chi connectivity index (χ2n) is 4.11. The van der Waals surface area contributed by atoms with Crippen LogP contribution >= 0.6 is 15.9 Å². The van der Waals surface area contributed by atoms with Gasteiger partial charge in [0.15, 0.2) is 0 Å². The van der Waals surface area contributed by atoms with E-state index >= 15 is 0 Å². The average Bonchev–Trinajstić information content (AvgIpc) is 2.75. The summed E-state index contributed by atoms with van der Waals surface area (Å²) < 4.78 is 0.548. The molecule has 0 aliphatic carbocycles. The van der Waals surface area contributed by atoms with Gasteiger partial charge < -0.3 is 10.0 Å². The standard InChI is InChI=1S/C11H11BrN2O4/c12-7-1-2-9(10(5-7)14(17)18)11(16)13-4-3-8(15)6-13/h1-2,5,8,15H,3-4,6H2/t8-/m1/s1. The fourth-order valence-corrected chi connectivity index (χ4v) is 2.28. The smallest absolute Gasteiger partial charge is 0.283 e. The highest BCUT2D eigenvalue weighted by atomic mass is 79.9. The van der Waals surface area contributed by atoms with E-state index < -0.39 is 16.9 Å². The molecule has 1 aromatic rings. The lowest BCUT2D eigenvalue weighted by atomic mass is 10.1. The number of nitro benzene ring substituents is 1. The highest BCUT2D eigenvalue weighted by molar-refractivity contribution is 9.10. The van der Waals surface area contributed by atoms with E-state index in [0.29, 0.717) is 17.4 Å². The molecular weight excluding hydrogens is 304 g/mol. The molecule has 0 bridgehead atoms. The summed E-state index contributed by atoms with van der Waals surface area (Å²) in [5.74, 6) is -0.411. The molecule has 0 unspecified atom stereocenters. The first kappa shape index (κ1) is 13.0. The first-order valence-electron chi connectivity index (χ1n) is 5.40. The van der Waals surface area contributed by atoms with Gasteiger partial charge in [0.2, 0.25) is 0 Å². The van der Waals surface area contributed by atoms with E-state index in [-0.39, 0.29) is 17.8 Å². The lowest BCUT2D eigenvalue weighted by molar-refractivity contribution is -0.385. The number of hydrogen-bond donors (Lipinski definition) is 1. The molecule has 0 aromatic heterocycles. The van der Waals surface area contributed by atoms with Gasteiger partial charge >= 0.3 is 0 Å². The third-order valence-electron chi connectivity index (χ3n) is 2.84. The van der Waals surface area contributed by atoms with Crippen LogP contribution in [0.15, 0.2) is 22.7 Å². The molecule has 1 N–H and O–H groups in total. The Morgan fingerprint density at radius 2 is 2.28 bits per heavy atom. The van der Waals surface area contributed by atoms with Crippen molar-refractivity contribution in [1.82, 2.24) is 4.90 Å². The number of benzene rings is 1. The zero-order chi connectivity index (χ0) is 13.3. The molecule has 1 atom stereocenters. The summed E-state index contributed by atoms with van der Waals surface area (Å²) in [6, 6.07) is 4.32. The minimum absolute atomic E-state index is 0.0531. The molecule has 1 aliphatic heterocycles. The maximum Gasteiger partial charge on any atom is 0.283 e. The van der Waals surface area contributed by atoms with Crippen molar-refractivity contribution in [3.63, 3.8) is 0 Å². The number of likely N-dealkylation sites (tertiary alicyclic amines) is 1. The number of rotatable bonds is 2. The SMILES string of the molecule is O=C(c1ccc(Br)cc1[N+](=O)[O-])N1CC[C@@H](O)C1. The summed E-state index contributed by atoms with van der Waals surface area (Å²) in [6.45, 7) is 0.652. The van der Waals surface area contributed by atoms with E-state index in [9.17, 15) is 20.0 Å². The van der Waals surface area contributed by atoms with Crippen LogP contribution in [0, 0.1) is 10.1 Å². The largest absolute Gasteiger partial charge is 0.391 e. The molecule has 1 saturated heterocycles. The maximum absolute atomic E-state index is 12.1. The summed E-state index contributed by atoms with van der Waals surface area (Å²) in [5, 5.41) is 20.3. The zero-order valence-electron chi connectivity index (χ0n) is 9.38. The number of carbonyl (C=O) groups excluding carboxylic acids is 1. The molecule has 1 fully saturated rings. The number of aliphatic hydroxyl groups is 1. The van der Waals surface area contributed by atoms with Crippen LogP contribution in [0.2, 0.25) is 0 Å². The number of amides is 1. The van der Waals surface area contributed by atoms with Gasteiger partial charge in [-0.1, -0.05) is 15.9 Å². The van der Waals surface area contributed by atoms with E-state index in [2.05, 4.69) is 15.9 Å². The fourth-order valence-electron chi connectivity index (χ4n) is 1.93. The molecule has 96 valence electrons. The molecule has 1 amide bonds. The molecular formula is C11H11BrN2O4. The van der Waals surface area contributed by atoms with E-state index in [4.69, 9.17) is 0 Å². The Balaban J connectivity index is 2.33. The predicted molar refractivity (Wildman–Crippen MR) is 67.3 cm³/mol. The minimum atomic E-state index is -0.579. The van der Waals surface area contributed by atoms with Crippen molar-refractivity contribution < 1.29 is 14.8 Å². The average molecular weight is 315 g/mol. The minimum Gasteiger partial charge on any atom is -0.391 e. The number of hydrogen-bond acceptors (Lipinski definition) is 4. The van der Waals surface area contributed by atoms with Crippen LogP contribution in [-0.4, -0.2) is 40.0 Å². The van der Waals surface area contributed by atoms with Gasteiger partial charge in [-0.15, -0.1) is 0 Å². The van der Waals surface area contributed by atoms with Crippen molar-refractivity contribution in [3.05, 3.63) is 38.3 Å². The fraction of sp³-hybridized carbons (Fsp3) is 0.364. The van der Waals surface area contributed by atoms with Crippen molar-refractivity contribution in [3.8, 4) is 0 Å². The monoisotopic (exact) mass is 314 g/mol. The van der Waals surface area contributed by atoms with Crippen molar-refractivity contribution in [2.45, 2.75) is 12.5 Å². The van der Waals surface area contributed by atoms with Crippen LogP contribution in [-0.2, 0) is 0 Å². The highest BCUT2D eigenvalue weighted by Crippen LogP contribution is 2.25. The zero-order valence-corrected chi connectivity index (χ0v) is 11.0.